The second kappa shape index (κ2) is 3.94. The predicted octanol–water partition coefficient (Wildman–Crippen LogP) is 2.48. The van der Waals surface area contributed by atoms with Crippen molar-refractivity contribution in [3.63, 3.8) is 0 Å². The summed E-state index contributed by atoms with van der Waals surface area (Å²) in [6, 6.07) is 10.2. The van der Waals surface area contributed by atoms with Gasteiger partial charge in [0.1, 0.15) is 0 Å². The first kappa shape index (κ1) is 11.2. The van der Waals surface area contributed by atoms with Crippen LogP contribution in [0.3, 0.4) is 0 Å². The molecule has 0 aliphatic carbocycles. The van der Waals surface area contributed by atoms with Crippen molar-refractivity contribution in [2.24, 2.45) is 0 Å². The van der Waals surface area contributed by atoms with E-state index in [2.05, 4.69) is 36.8 Å². The van der Waals surface area contributed by atoms with Crippen molar-refractivity contribution in [2.45, 2.75) is 26.1 Å². The van der Waals surface area contributed by atoms with Crippen LogP contribution >= 0.6 is 0 Å². The molecule has 0 bridgehead atoms. The van der Waals surface area contributed by atoms with Gasteiger partial charge in [-0.1, -0.05) is 18.2 Å². The van der Waals surface area contributed by atoms with E-state index in [-0.39, 0.29) is 5.91 Å². The molecule has 0 atom stereocenters. The highest BCUT2D eigenvalue weighted by Crippen LogP contribution is 2.26. The largest absolute Gasteiger partial charge is 0.291 e. The first-order chi connectivity index (χ1) is 7.50. The van der Waals surface area contributed by atoms with E-state index in [4.69, 9.17) is 0 Å². The number of hydrogen-bond donors (Lipinski definition) is 0. The van der Waals surface area contributed by atoms with Gasteiger partial charge in [-0.05, 0) is 31.8 Å². The third-order valence-corrected chi connectivity index (χ3v) is 4.47. The lowest BCUT2D eigenvalue weighted by Crippen LogP contribution is -2.54. The minimum atomic E-state index is -1.62. The van der Waals surface area contributed by atoms with Crippen LogP contribution in [0.5, 0.6) is 0 Å². The Morgan fingerprint density at radius 1 is 1.12 bits per heavy atom. The van der Waals surface area contributed by atoms with Gasteiger partial charge in [0.2, 0.25) is 5.91 Å². The number of para-hydroxylation sites is 1. The Morgan fingerprint density at radius 2 is 1.75 bits per heavy atom. The van der Waals surface area contributed by atoms with Gasteiger partial charge in [-0.25, -0.2) is 0 Å². The summed E-state index contributed by atoms with van der Waals surface area (Å²) in [5, 5.41) is 2.13. The van der Waals surface area contributed by atoms with E-state index in [1.165, 1.54) is 0 Å². The summed E-state index contributed by atoms with van der Waals surface area (Å²) in [6.45, 7) is 7.41. The molecule has 1 aromatic rings. The molecular weight excluding hydrogens is 216 g/mol. The number of hydrazine groups is 1. The summed E-state index contributed by atoms with van der Waals surface area (Å²) in [5.41, 5.74) is 1.12. The predicted molar refractivity (Wildman–Crippen MR) is 68.6 cm³/mol. The molecule has 2 rings (SSSR count). The minimum Gasteiger partial charge on any atom is -0.291 e. The van der Waals surface area contributed by atoms with Gasteiger partial charge < -0.3 is 0 Å². The molecule has 1 aliphatic rings. The molecule has 1 amide bonds. The van der Waals surface area contributed by atoms with Crippen molar-refractivity contribution < 1.29 is 4.79 Å². The number of carbonyl (C=O) groups is 1. The molecular formula is C12H18N2OSi. The molecule has 1 saturated heterocycles. The molecule has 0 radical (unpaired) electrons. The number of carbonyl (C=O) groups excluding carboxylic acids is 1. The van der Waals surface area contributed by atoms with E-state index in [1.807, 2.05) is 22.9 Å². The molecule has 1 heterocycles. The standard InChI is InChI=1S/C12H18N2OSi/c1-16(2,3)14-12(15)9-10-13(14)11-7-5-4-6-8-11/h4-8H,9-10H2,1-3H3. The highest BCUT2D eigenvalue weighted by Gasteiger charge is 2.38. The number of rotatable bonds is 2. The van der Waals surface area contributed by atoms with E-state index in [0.717, 1.165) is 12.2 Å². The van der Waals surface area contributed by atoms with Crippen LogP contribution < -0.4 is 5.01 Å². The van der Waals surface area contributed by atoms with E-state index in [9.17, 15) is 4.79 Å². The van der Waals surface area contributed by atoms with Gasteiger partial charge in [-0.3, -0.25) is 14.5 Å². The summed E-state index contributed by atoms with van der Waals surface area (Å²) in [4.78, 5) is 11.9. The van der Waals surface area contributed by atoms with Crippen LogP contribution in [0.2, 0.25) is 19.6 Å². The third-order valence-electron chi connectivity index (χ3n) is 2.70. The molecule has 3 nitrogen and oxygen atoms in total. The summed E-state index contributed by atoms with van der Waals surface area (Å²) >= 11 is 0. The Kier molecular flexibility index (Phi) is 2.76. The molecule has 1 aliphatic heterocycles. The Bertz CT molecular complexity index is 386. The quantitative estimate of drug-likeness (QED) is 0.734. The Labute approximate surface area is 97.7 Å². The molecule has 4 heteroatoms. The molecule has 1 fully saturated rings. The normalized spacial score (nSPS) is 17.1. The monoisotopic (exact) mass is 234 g/mol. The minimum absolute atomic E-state index is 0.267. The second-order valence-electron chi connectivity index (χ2n) is 5.09. The SMILES string of the molecule is C[Si](C)(C)N1C(=O)CCN1c1ccccc1. The fourth-order valence-electron chi connectivity index (χ4n) is 2.12. The highest BCUT2D eigenvalue weighted by atomic mass is 28.3. The summed E-state index contributed by atoms with van der Waals surface area (Å²) in [5.74, 6) is 0.267. The van der Waals surface area contributed by atoms with E-state index in [0.29, 0.717) is 6.42 Å². The second-order valence-corrected chi connectivity index (χ2v) is 9.85. The van der Waals surface area contributed by atoms with Gasteiger partial charge >= 0.3 is 0 Å². The Hall–Kier alpha value is -1.29. The fraction of sp³-hybridized carbons (Fsp3) is 0.417. The van der Waals surface area contributed by atoms with Crippen LogP contribution in [0.25, 0.3) is 0 Å². The zero-order valence-corrected chi connectivity index (χ0v) is 11.1. The smallest absolute Gasteiger partial charge is 0.234 e. The van der Waals surface area contributed by atoms with Gasteiger partial charge in [0.15, 0.2) is 8.24 Å². The van der Waals surface area contributed by atoms with Crippen LogP contribution in [-0.4, -0.2) is 25.4 Å². The first-order valence-electron chi connectivity index (χ1n) is 5.66. The van der Waals surface area contributed by atoms with Crippen molar-refractivity contribution in [3.05, 3.63) is 30.3 Å². The van der Waals surface area contributed by atoms with Crippen molar-refractivity contribution in [2.75, 3.05) is 11.6 Å². The molecule has 16 heavy (non-hydrogen) atoms. The van der Waals surface area contributed by atoms with Crippen LogP contribution in [0.15, 0.2) is 30.3 Å². The molecule has 0 saturated carbocycles. The number of anilines is 1. The van der Waals surface area contributed by atoms with Gasteiger partial charge in [0, 0.05) is 13.0 Å². The first-order valence-corrected chi connectivity index (χ1v) is 9.10. The lowest BCUT2D eigenvalue weighted by atomic mass is 10.3. The highest BCUT2D eigenvalue weighted by molar-refractivity contribution is 6.75. The zero-order valence-electron chi connectivity index (χ0n) is 10.1. The Morgan fingerprint density at radius 3 is 2.31 bits per heavy atom. The van der Waals surface area contributed by atoms with Gasteiger partial charge in [-0.2, -0.15) is 0 Å². The maximum absolute atomic E-state index is 11.9. The van der Waals surface area contributed by atoms with E-state index < -0.39 is 8.24 Å². The number of benzene rings is 1. The number of nitrogens with zero attached hydrogens (tertiary/aromatic N) is 2. The molecule has 0 aromatic heterocycles. The zero-order chi connectivity index (χ0) is 11.8. The van der Waals surface area contributed by atoms with Gasteiger partial charge in [0.25, 0.3) is 0 Å². The van der Waals surface area contributed by atoms with Crippen LogP contribution in [0.4, 0.5) is 5.69 Å². The average molecular weight is 234 g/mol. The number of hydrogen-bond acceptors (Lipinski definition) is 2. The van der Waals surface area contributed by atoms with Crippen molar-refractivity contribution in [1.29, 1.82) is 0 Å². The average Bonchev–Trinajstić information content (AvgIpc) is 2.61. The lowest BCUT2D eigenvalue weighted by Gasteiger charge is -2.38. The topological polar surface area (TPSA) is 23.6 Å². The molecule has 0 unspecified atom stereocenters. The third kappa shape index (κ3) is 1.97. The van der Waals surface area contributed by atoms with Gasteiger partial charge in [-0.15, -0.1) is 0 Å². The lowest BCUT2D eigenvalue weighted by molar-refractivity contribution is -0.124. The van der Waals surface area contributed by atoms with Crippen molar-refractivity contribution in [1.82, 2.24) is 4.67 Å². The number of amides is 1. The van der Waals surface area contributed by atoms with Gasteiger partial charge in [0.05, 0.1) is 5.69 Å². The molecule has 0 N–H and O–H groups in total. The van der Waals surface area contributed by atoms with Crippen LogP contribution in [-0.2, 0) is 4.79 Å². The van der Waals surface area contributed by atoms with Crippen molar-refractivity contribution >= 4 is 19.8 Å². The molecule has 1 aromatic carbocycles. The maximum Gasteiger partial charge on any atom is 0.234 e. The van der Waals surface area contributed by atoms with E-state index >= 15 is 0 Å². The summed E-state index contributed by atoms with van der Waals surface area (Å²) in [7, 11) is -1.62. The summed E-state index contributed by atoms with van der Waals surface area (Å²) < 4.78 is 2.00. The maximum atomic E-state index is 11.9. The van der Waals surface area contributed by atoms with Crippen LogP contribution in [0, 0.1) is 0 Å². The van der Waals surface area contributed by atoms with Crippen LogP contribution in [0.1, 0.15) is 6.42 Å². The Balaban J connectivity index is 2.32. The summed E-state index contributed by atoms with van der Waals surface area (Å²) in [6.07, 6.45) is 0.638. The fourth-order valence-corrected chi connectivity index (χ4v) is 3.92. The molecule has 0 spiro atoms. The van der Waals surface area contributed by atoms with Crippen molar-refractivity contribution in [3.8, 4) is 0 Å². The molecule has 86 valence electrons. The van der Waals surface area contributed by atoms with E-state index in [1.54, 1.807) is 0 Å².